The van der Waals surface area contributed by atoms with Crippen molar-refractivity contribution in [3.63, 3.8) is 0 Å². The van der Waals surface area contributed by atoms with E-state index in [4.69, 9.17) is 9.47 Å². The third-order valence-electron chi connectivity index (χ3n) is 4.70. The number of carbonyl (C=O) groups is 1. The van der Waals surface area contributed by atoms with Crippen LogP contribution in [0.3, 0.4) is 0 Å². The second-order valence-corrected chi connectivity index (χ2v) is 8.73. The van der Waals surface area contributed by atoms with Crippen LogP contribution in [0.5, 0.6) is 17.4 Å². The highest BCUT2D eigenvalue weighted by Crippen LogP contribution is 2.26. The maximum absolute atomic E-state index is 12.6. The molecule has 0 aliphatic carbocycles. The summed E-state index contributed by atoms with van der Waals surface area (Å²) in [4.78, 5) is 16.8. The summed E-state index contributed by atoms with van der Waals surface area (Å²) in [6.45, 7) is 3.90. The summed E-state index contributed by atoms with van der Waals surface area (Å²) in [5.41, 5.74) is 0.681. The van der Waals surface area contributed by atoms with Crippen LogP contribution < -0.4 is 19.5 Å². The van der Waals surface area contributed by atoms with Crippen LogP contribution in [0, 0.1) is 0 Å². The molecule has 2 aromatic carbocycles. The van der Waals surface area contributed by atoms with Gasteiger partial charge in [0, 0.05) is 17.9 Å². The molecule has 8 nitrogen and oxygen atoms in total. The minimum absolute atomic E-state index is 0.0218. The smallest absolute Gasteiger partial charge is 0.261 e. The zero-order chi connectivity index (χ0) is 23.1. The van der Waals surface area contributed by atoms with Crippen molar-refractivity contribution in [3.05, 3.63) is 72.4 Å². The van der Waals surface area contributed by atoms with E-state index < -0.39 is 10.0 Å². The number of hydrogen-bond donors (Lipinski definition) is 2. The number of anilines is 1. The number of rotatable bonds is 9. The normalized spacial score (nSPS) is 12.0. The standard InChI is InChI=1S/C23H25N3O5S/c1-4-16(2)25-22(27)21-6-5-15-24-23(21)31-19-9-7-17(8-10-19)26-32(28,29)20-13-11-18(30-3)12-14-20/h5-16,26H,4H2,1-3H3,(H,25,27)/t16-/m0/s1. The summed E-state index contributed by atoms with van der Waals surface area (Å²) >= 11 is 0. The minimum atomic E-state index is -3.75. The first-order chi connectivity index (χ1) is 15.3. The van der Waals surface area contributed by atoms with Crippen LogP contribution in [0.4, 0.5) is 5.69 Å². The second kappa shape index (κ2) is 10.1. The molecular weight excluding hydrogens is 430 g/mol. The van der Waals surface area contributed by atoms with Crippen molar-refractivity contribution in [3.8, 4) is 17.4 Å². The lowest BCUT2D eigenvalue weighted by Gasteiger charge is -2.14. The van der Waals surface area contributed by atoms with Gasteiger partial charge in [-0.25, -0.2) is 13.4 Å². The van der Waals surface area contributed by atoms with Crippen LogP contribution in [0.1, 0.15) is 30.6 Å². The highest BCUT2D eigenvalue weighted by atomic mass is 32.2. The number of benzene rings is 2. The second-order valence-electron chi connectivity index (χ2n) is 7.05. The predicted octanol–water partition coefficient (Wildman–Crippen LogP) is 4.21. The first-order valence-corrected chi connectivity index (χ1v) is 11.5. The van der Waals surface area contributed by atoms with E-state index in [-0.39, 0.29) is 22.7 Å². The van der Waals surface area contributed by atoms with Gasteiger partial charge in [0.05, 0.1) is 12.0 Å². The van der Waals surface area contributed by atoms with Crippen molar-refractivity contribution < 1.29 is 22.7 Å². The van der Waals surface area contributed by atoms with Gasteiger partial charge >= 0.3 is 0 Å². The average Bonchev–Trinajstić information content (AvgIpc) is 2.80. The van der Waals surface area contributed by atoms with Crippen molar-refractivity contribution in [1.29, 1.82) is 0 Å². The van der Waals surface area contributed by atoms with Gasteiger partial charge in [-0.1, -0.05) is 6.92 Å². The van der Waals surface area contributed by atoms with Crippen molar-refractivity contribution in [1.82, 2.24) is 10.3 Å². The fourth-order valence-electron chi connectivity index (χ4n) is 2.72. The maximum atomic E-state index is 12.6. The van der Waals surface area contributed by atoms with Crippen LogP contribution in [-0.4, -0.2) is 32.5 Å². The molecule has 0 aliphatic rings. The van der Waals surface area contributed by atoms with Crippen LogP contribution in [0.15, 0.2) is 71.8 Å². The quantitative estimate of drug-likeness (QED) is 0.501. The van der Waals surface area contributed by atoms with Gasteiger partial charge in [0.15, 0.2) is 0 Å². The number of pyridine rings is 1. The molecule has 2 N–H and O–H groups in total. The molecular formula is C23H25N3O5S. The zero-order valence-corrected chi connectivity index (χ0v) is 18.8. The van der Waals surface area contributed by atoms with Crippen molar-refractivity contribution in [2.75, 3.05) is 11.8 Å². The third-order valence-corrected chi connectivity index (χ3v) is 6.09. The number of carbonyl (C=O) groups excluding carboxylic acids is 1. The van der Waals surface area contributed by atoms with E-state index in [1.807, 2.05) is 13.8 Å². The molecule has 0 fully saturated rings. The van der Waals surface area contributed by atoms with E-state index in [1.165, 1.54) is 25.4 Å². The number of sulfonamides is 1. The Balaban J connectivity index is 1.72. The van der Waals surface area contributed by atoms with Gasteiger partial charge in [-0.05, 0) is 74.0 Å². The molecule has 9 heteroatoms. The van der Waals surface area contributed by atoms with Gasteiger partial charge < -0.3 is 14.8 Å². The molecule has 168 valence electrons. The van der Waals surface area contributed by atoms with Gasteiger partial charge in [-0.2, -0.15) is 0 Å². The molecule has 1 aromatic heterocycles. The lowest BCUT2D eigenvalue weighted by Crippen LogP contribution is -2.32. The number of ether oxygens (including phenoxy) is 2. The minimum Gasteiger partial charge on any atom is -0.497 e. The van der Waals surface area contributed by atoms with Crippen molar-refractivity contribution >= 4 is 21.6 Å². The first-order valence-electron chi connectivity index (χ1n) is 10.0. The molecule has 0 aliphatic heterocycles. The summed E-state index contributed by atoms with van der Waals surface area (Å²) in [5.74, 6) is 0.872. The Morgan fingerprint density at radius 3 is 2.31 bits per heavy atom. The van der Waals surface area contributed by atoms with Gasteiger partial charge in [0.25, 0.3) is 15.9 Å². The molecule has 3 aromatic rings. The van der Waals surface area contributed by atoms with Crippen LogP contribution in [-0.2, 0) is 10.0 Å². The molecule has 3 rings (SSSR count). The number of hydrogen-bond acceptors (Lipinski definition) is 6. The Hall–Kier alpha value is -3.59. The van der Waals surface area contributed by atoms with Gasteiger partial charge in [0.1, 0.15) is 17.1 Å². The van der Waals surface area contributed by atoms with E-state index in [1.54, 1.807) is 48.5 Å². The van der Waals surface area contributed by atoms with Crippen molar-refractivity contribution in [2.24, 2.45) is 0 Å². The number of methoxy groups -OCH3 is 1. The molecule has 0 spiro atoms. The van der Waals surface area contributed by atoms with E-state index in [2.05, 4.69) is 15.0 Å². The third kappa shape index (κ3) is 5.76. The molecule has 0 unspecified atom stereocenters. The molecule has 0 saturated heterocycles. The predicted molar refractivity (Wildman–Crippen MR) is 122 cm³/mol. The molecule has 1 atom stereocenters. The van der Waals surface area contributed by atoms with E-state index in [0.717, 1.165) is 6.42 Å². The lowest BCUT2D eigenvalue weighted by atomic mass is 10.2. The zero-order valence-electron chi connectivity index (χ0n) is 18.0. The highest BCUT2D eigenvalue weighted by Gasteiger charge is 2.17. The SMILES string of the molecule is CC[C@H](C)NC(=O)c1cccnc1Oc1ccc(NS(=O)(=O)c2ccc(OC)cc2)cc1. The van der Waals surface area contributed by atoms with Gasteiger partial charge in [-0.15, -0.1) is 0 Å². The summed E-state index contributed by atoms with van der Waals surface area (Å²) in [6, 6.07) is 15.7. The Morgan fingerprint density at radius 2 is 1.69 bits per heavy atom. The molecule has 32 heavy (non-hydrogen) atoms. The highest BCUT2D eigenvalue weighted by molar-refractivity contribution is 7.92. The summed E-state index contributed by atoms with van der Waals surface area (Å²) < 4.78 is 38.5. The first kappa shape index (κ1) is 23.1. The lowest BCUT2D eigenvalue weighted by molar-refractivity contribution is 0.0936. The van der Waals surface area contributed by atoms with Crippen LogP contribution in [0.2, 0.25) is 0 Å². The number of aromatic nitrogens is 1. The molecule has 1 heterocycles. The number of amides is 1. The van der Waals surface area contributed by atoms with E-state index in [0.29, 0.717) is 22.7 Å². The number of nitrogens with zero attached hydrogens (tertiary/aromatic N) is 1. The molecule has 0 saturated carbocycles. The molecule has 0 bridgehead atoms. The Kier molecular flexibility index (Phi) is 7.32. The Bertz CT molecular complexity index is 1160. The molecule has 0 radical (unpaired) electrons. The van der Waals surface area contributed by atoms with E-state index >= 15 is 0 Å². The Morgan fingerprint density at radius 1 is 1.03 bits per heavy atom. The topological polar surface area (TPSA) is 107 Å². The summed E-state index contributed by atoms with van der Waals surface area (Å²) in [6.07, 6.45) is 2.34. The summed E-state index contributed by atoms with van der Waals surface area (Å²) in [5, 5.41) is 2.89. The largest absolute Gasteiger partial charge is 0.497 e. The average molecular weight is 456 g/mol. The number of nitrogens with one attached hydrogen (secondary N) is 2. The van der Waals surface area contributed by atoms with Gasteiger partial charge in [-0.3, -0.25) is 9.52 Å². The van der Waals surface area contributed by atoms with Gasteiger partial charge in [0.2, 0.25) is 5.88 Å². The van der Waals surface area contributed by atoms with Crippen LogP contribution in [0.25, 0.3) is 0 Å². The maximum Gasteiger partial charge on any atom is 0.261 e. The fourth-order valence-corrected chi connectivity index (χ4v) is 3.78. The molecule has 1 amide bonds. The summed E-state index contributed by atoms with van der Waals surface area (Å²) in [7, 11) is -2.24. The van der Waals surface area contributed by atoms with Crippen LogP contribution >= 0.6 is 0 Å². The fraction of sp³-hybridized carbons (Fsp3) is 0.217. The Labute approximate surface area is 187 Å². The van der Waals surface area contributed by atoms with E-state index in [9.17, 15) is 13.2 Å². The monoisotopic (exact) mass is 455 g/mol. The van der Waals surface area contributed by atoms with Crippen molar-refractivity contribution in [2.45, 2.75) is 31.2 Å².